The summed E-state index contributed by atoms with van der Waals surface area (Å²) in [6.07, 6.45) is -0.0288. The number of aryl methyl sites for hydroxylation is 1. The Labute approximate surface area is 102 Å². The van der Waals surface area contributed by atoms with Gasteiger partial charge in [-0.15, -0.1) is 0 Å². The lowest BCUT2D eigenvalue weighted by Gasteiger charge is -2.22. The van der Waals surface area contributed by atoms with Crippen LogP contribution in [0.2, 0.25) is 0 Å². The standard InChI is InChI=1S/C11H10N2O5/c1-5-2-6-4-7(11(15)16)10(14)12-9(6)8(3-5)13(17)18/h2-3,7H,4H2,1H3,(H,12,14)(H,15,16). The van der Waals surface area contributed by atoms with E-state index < -0.39 is 22.7 Å². The van der Waals surface area contributed by atoms with Gasteiger partial charge in [0.25, 0.3) is 5.69 Å². The molecule has 0 aromatic heterocycles. The monoisotopic (exact) mass is 250 g/mol. The van der Waals surface area contributed by atoms with E-state index in [1.54, 1.807) is 13.0 Å². The fourth-order valence-electron chi connectivity index (χ4n) is 2.01. The summed E-state index contributed by atoms with van der Waals surface area (Å²) in [6, 6.07) is 3.00. The molecule has 1 atom stereocenters. The largest absolute Gasteiger partial charge is 0.481 e. The van der Waals surface area contributed by atoms with E-state index in [4.69, 9.17) is 5.11 Å². The van der Waals surface area contributed by atoms with Crippen molar-refractivity contribution in [2.75, 3.05) is 5.32 Å². The molecule has 0 saturated carbocycles. The zero-order chi connectivity index (χ0) is 13.4. The van der Waals surface area contributed by atoms with E-state index in [2.05, 4.69) is 5.32 Å². The number of carbonyl (C=O) groups excluding carboxylic acids is 1. The molecule has 0 radical (unpaired) electrons. The molecule has 7 nitrogen and oxygen atoms in total. The number of rotatable bonds is 2. The van der Waals surface area contributed by atoms with E-state index in [0.29, 0.717) is 11.1 Å². The number of nitro benzene ring substituents is 1. The first-order chi connectivity index (χ1) is 8.40. The maximum Gasteiger partial charge on any atom is 0.316 e. The zero-order valence-corrected chi connectivity index (χ0v) is 9.47. The number of carbonyl (C=O) groups is 2. The van der Waals surface area contributed by atoms with Crippen molar-refractivity contribution in [3.63, 3.8) is 0 Å². The normalized spacial score (nSPS) is 17.8. The maximum atomic E-state index is 11.5. The van der Waals surface area contributed by atoms with Gasteiger partial charge < -0.3 is 10.4 Å². The van der Waals surface area contributed by atoms with Crippen LogP contribution in [0.4, 0.5) is 11.4 Å². The van der Waals surface area contributed by atoms with Crippen LogP contribution < -0.4 is 5.32 Å². The lowest BCUT2D eigenvalue weighted by Crippen LogP contribution is -2.35. The predicted molar refractivity (Wildman–Crippen MR) is 61.3 cm³/mol. The van der Waals surface area contributed by atoms with Gasteiger partial charge >= 0.3 is 5.97 Å². The van der Waals surface area contributed by atoms with Crippen molar-refractivity contribution in [1.29, 1.82) is 0 Å². The van der Waals surface area contributed by atoms with Crippen molar-refractivity contribution in [3.8, 4) is 0 Å². The average Bonchev–Trinajstić information content (AvgIpc) is 2.27. The van der Waals surface area contributed by atoms with E-state index in [9.17, 15) is 19.7 Å². The first-order valence-corrected chi connectivity index (χ1v) is 5.21. The van der Waals surface area contributed by atoms with E-state index in [1.165, 1.54) is 6.07 Å². The van der Waals surface area contributed by atoms with E-state index >= 15 is 0 Å². The number of aliphatic carboxylic acids is 1. The molecule has 1 unspecified atom stereocenters. The molecular weight excluding hydrogens is 240 g/mol. The molecule has 1 aromatic rings. The average molecular weight is 250 g/mol. The van der Waals surface area contributed by atoms with E-state index in [1.807, 2.05) is 0 Å². The van der Waals surface area contributed by atoms with Gasteiger partial charge in [0.2, 0.25) is 5.91 Å². The highest BCUT2D eigenvalue weighted by molar-refractivity contribution is 6.07. The second-order valence-electron chi connectivity index (χ2n) is 4.16. The first kappa shape index (κ1) is 12.0. The van der Waals surface area contributed by atoms with Gasteiger partial charge in [-0.25, -0.2) is 0 Å². The summed E-state index contributed by atoms with van der Waals surface area (Å²) < 4.78 is 0. The van der Waals surface area contributed by atoms with Gasteiger partial charge in [0.05, 0.1) is 4.92 Å². The molecule has 0 saturated heterocycles. The van der Waals surface area contributed by atoms with E-state index in [-0.39, 0.29) is 17.8 Å². The quantitative estimate of drug-likeness (QED) is 0.464. The number of nitrogens with one attached hydrogen (secondary N) is 1. The Morgan fingerprint density at radius 1 is 1.56 bits per heavy atom. The number of nitrogens with zero attached hydrogens (tertiary/aromatic N) is 1. The predicted octanol–water partition coefficient (Wildman–Crippen LogP) is 1.10. The molecule has 2 rings (SSSR count). The fourth-order valence-corrected chi connectivity index (χ4v) is 2.01. The lowest BCUT2D eigenvalue weighted by molar-refractivity contribution is -0.384. The van der Waals surface area contributed by atoms with Crippen LogP contribution in [-0.4, -0.2) is 21.9 Å². The summed E-state index contributed by atoms with van der Waals surface area (Å²) in [5, 5.41) is 22.1. The Morgan fingerprint density at radius 2 is 2.22 bits per heavy atom. The second kappa shape index (κ2) is 4.10. The number of anilines is 1. The molecule has 0 spiro atoms. The Bertz CT molecular complexity index is 567. The smallest absolute Gasteiger partial charge is 0.316 e. The fraction of sp³-hybridized carbons (Fsp3) is 0.273. The van der Waals surface area contributed by atoms with Gasteiger partial charge in [0.1, 0.15) is 11.6 Å². The number of amides is 1. The summed E-state index contributed by atoms with van der Waals surface area (Å²) in [4.78, 5) is 32.7. The summed E-state index contributed by atoms with van der Waals surface area (Å²) in [7, 11) is 0. The van der Waals surface area contributed by atoms with Crippen molar-refractivity contribution in [3.05, 3.63) is 33.4 Å². The lowest BCUT2D eigenvalue weighted by atomic mass is 9.91. The molecule has 1 aliphatic heterocycles. The van der Waals surface area contributed by atoms with Crippen LogP contribution in [0.3, 0.4) is 0 Å². The molecule has 1 aromatic carbocycles. The Hall–Kier alpha value is -2.44. The number of carboxylic acids is 1. The van der Waals surface area contributed by atoms with Crippen LogP contribution in [0.1, 0.15) is 11.1 Å². The zero-order valence-electron chi connectivity index (χ0n) is 9.47. The third-order valence-corrected chi connectivity index (χ3v) is 2.83. The van der Waals surface area contributed by atoms with Gasteiger partial charge in [-0.2, -0.15) is 0 Å². The van der Waals surface area contributed by atoms with E-state index in [0.717, 1.165) is 0 Å². The molecule has 7 heteroatoms. The van der Waals surface area contributed by atoms with Crippen LogP contribution in [0.5, 0.6) is 0 Å². The number of carboxylic acid groups (broad SMARTS) is 1. The van der Waals surface area contributed by atoms with Gasteiger partial charge in [-0.05, 0) is 24.5 Å². The van der Waals surface area contributed by atoms with Crippen LogP contribution >= 0.6 is 0 Å². The van der Waals surface area contributed by atoms with Crippen LogP contribution in [0.15, 0.2) is 12.1 Å². The molecule has 0 aliphatic carbocycles. The van der Waals surface area contributed by atoms with Gasteiger partial charge in [-0.3, -0.25) is 19.7 Å². The Kier molecular flexibility index (Phi) is 2.74. The summed E-state index contributed by atoms with van der Waals surface area (Å²) >= 11 is 0. The third-order valence-electron chi connectivity index (χ3n) is 2.83. The van der Waals surface area contributed by atoms with Crippen molar-refractivity contribution in [2.24, 2.45) is 5.92 Å². The summed E-state index contributed by atoms with van der Waals surface area (Å²) in [5.74, 6) is -3.15. The minimum Gasteiger partial charge on any atom is -0.481 e. The van der Waals surface area contributed by atoms with Gasteiger partial charge in [-0.1, -0.05) is 6.07 Å². The summed E-state index contributed by atoms with van der Waals surface area (Å²) in [5.41, 5.74) is 1.03. The van der Waals surface area contributed by atoms with Crippen molar-refractivity contribution < 1.29 is 19.6 Å². The highest BCUT2D eigenvalue weighted by atomic mass is 16.6. The summed E-state index contributed by atoms with van der Waals surface area (Å²) in [6.45, 7) is 1.68. The molecule has 2 N–H and O–H groups in total. The third kappa shape index (κ3) is 1.90. The maximum absolute atomic E-state index is 11.5. The molecule has 18 heavy (non-hydrogen) atoms. The first-order valence-electron chi connectivity index (χ1n) is 5.21. The number of hydrogen-bond acceptors (Lipinski definition) is 4. The van der Waals surface area contributed by atoms with Crippen LogP contribution in [0, 0.1) is 23.0 Å². The molecule has 1 heterocycles. The minimum absolute atomic E-state index is 0.0288. The highest BCUT2D eigenvalue weighted by Gasteiger charge is 2.35. The number of fused-ring (bicyclic) bond motifs is 1. The molecule has 1 aliphatic rings. The van der Waals surface area contributed by atoms with Crippen molar-refractivity contribution in [2.45, 2.75) is 13.3 Å². The van der Waals surface area contributed by atoms with Gasteiger partial charge in [0, 0.05) is 6.07 Å². The molecule has 0 fully saturated rings. The van der Waals surface area contributed by atoms with Crippen molar-refractivity contribution >= 4 is 23.3 Å². The van der Waals surface area contributed by atoms with Gasteiger partial charge in [0.15, 0.2) is 0 Å². The SMILES string of the molecule is Cc1cc2c(c([N+](=O)[O-])c1)NC(=O)C(C(=O)O)C2. The minimum atomic E-state index is -1.23. The molecular formula is C11H10N2O5. The number of hydrogen-bond donors (Lipinski definition) is 2. The van der Waals surface area contributed by atoms with Crippen LogP contribution in [0.25, 0.3) is 0 Å². The van der Waals surface area contributed by atoms with Crippen molar-refractivity contribution in [1.82, 2.24) is 0 Å². The number of benzene rings is 1. The molecule has 0 bridgehead atoms. The Balaban J connectivity index is 2.54. The molecule has 1 amide bonds. The second-order valence-corrected chi connectivity index (χ2v) is 4.16. The molecule has 94 valence electrons. The van der Waals surface area contributed by atoms with Crippen LogP contribution in [-0.2, 0) is 16.0 Å². The topological polar surface area (TPSA) is 110 Å². The highest BCUT2D eigenvalue weighted by Crippen LogP contribution is 2.35. The number of nitro groups is 1. The Morgan fingerprint density at radius 3 is 2.78 bits per heavy atom.